The fourth-order valence-corrected chi connectivity index (χ4v) is 2.13. The van der Waals surface area contributed by atoms with Crippen molar-refractivity contribution in [3.05, 3.63) is 34.8 Å². The summed E-state index contributed by atoms with van der Waals surface area (Å²) in [6.07, 6.45) is -4.46. The maximum atomic E-state index is 12.4. The number of halogens is 3. The number of nitrogens with zero attached hydrogens (tertiary/aromatic N) is 3. The molecule has 0 fully saturated rings. The molecule has 0 radical (unpaired) electrons. The van der Waals surface area contributed by atoms with Crippen LogP contribution in [-0.2, 0) is 12.7 Å². The van der Waals surface area contributed by atoms with Gasteiger partial charge in [-0.3, -0.25) is 0 Å². The number of anilines is 2. The minimum Gasteiger partial charge on any atom is -0.326 e. The summed E-state index contributed by atoms with van der Waals surface area (Å²) in [5, 5.41) is 5.94. The Bertz CT molecular complexity index is 550. The number of aromatic nitrogens is 2. The monoisotopic (exact) mass is 288 g/mol. The van der Waals surface area contributed by atoms with Crippen molar-refractivity contribution in [1.29, 1.82) is 0 Å². The van der Waals surface area contributed by atoms with E-state index in [1.54, 1.807) is 24.1 Å². The van der Waals surface area contributed by atoms with Crippen molar-refractivity contribution in [2.75, 3.05) is 11.9 Å². The summed E-state index contributed by atoms with van der Waals surface area (Å²) in [5.41, 5.74) is 7.15. The standard InChI is InChI=1S/C11H11F3N4S/c1-18(8-4-2-7(6-15)3-5-8)10-17-16-9(19-10)11(12,13)14/h2-5H,6,15H2,1H3. The quantitative estimate of drug-likeness (QED) is 0.943. The van der Waals surface area contributed by atoms with Gasteiger partial charge in [0.25, 0.3) is 0 Å². The molecule has 0 amide bonds. The molecular weight excluding hydrogens is 277 g/mol. The molecular formula is C11H11F3N4S. The summed E-state index contributed by atoms with van der Waals surface area (Å²) in [6.45, 7) is 0.418. The molecule has 2 N–H and O–H groups in total. The van der Waals surface area contributed by atoms with Crippen LogP contribution in [0.2, 0.25) is 0 Å². The molecule has 0 aliphatic rings. The van der Waals surface area contributed by atoms with Gasteiger partial charge < -0.3 is 10.6 Å². The second kappa shape index (κ2) is 5.14. The molecule has 4 nitrogen and oxygen atoms in total. The Kier molecular flexibility index (Phi) is 3.72. The van der Waals surface area contributed by atoms with E-state index in [4.69, 9.17) is 5.73 Å². The Hall–Kier alpha value is -1.67. The zero-order valence-corrected chi connectivity index (χ0v) is 10.8. The molecule has 0 aliphatic carbocycles. The predicted molar refractivity (Wildman–Crippen MR) is 67.3 cm³/mol. The average molecular weight is 288 g/mol. The van der Waals surface area contributed by atoms with Gasteiger partial charge in [0.1, 0.15) is 0 Å². The van der Waals surface area contributed by atoms with Crippen molar-refractivity contribution in [1.82, 2.24) is 10.2 Å². The molecule has 0 aliphatic heterocycles. The van der Waals surface area contributed by atoms with Crippen LogP contribution in [0.1, 0.15) is 10.6 Å². The predicted octanol–water partition coefficient (Wildman–Crippen LogP) is 2.78. The molecule has 19 heavy (non-hydrogen) atoms. The Morgan fingerprint density at radius 2 is 1.84 bits per heavy atom. The van der Waals surface area contributed by atoms with Gasteiger partial charge in [-0.1, -0.05) is 23.5 Å². The van der Waals surface area contributed by atoms with E-state index in [1.165, 1.54) is 0 Å². The molecule has 1 aromatic carbocycles. The lowest BCUT2D eigenvalue weighted by molar-refractivity contribution is -0.138. The number of hydrogen-bond acceptors (Lipinski definition) is 5. The van der Waals surface area contributed by atoms with Crippen molar-refractivity contribution < 1.29 is 13.2 Å². The first kappa shape index (κ1) is 13.8. The van der Waals surface area contributed by atoms with E-state index < -0.39 is 11.2 Å². The van der Waals surface area contributed by atoms with E-state index in [9.17, 15) is 13.2 Å². The van der Waals surface area contributed by atoms with E-state index >= 15 is 0 Å². The van der Waals surface area contributed by atoms with Gasteiger partial charge in [-0.2, -0.15) is 13.2 Å². The molecule has 0 bridgehead atoms. The average Bonchev–Trinajstić information content (AvgIpc) is 2.87. The fourth-order valence-electron chi connectivity index (χ4n) is 1.43. The van der Waals surface area contributed by atoms with E-state index in [0.29, 0.717) is 17.9 Å². The maximum Gasteiger partial charge on any atom is 0.445 e. The molecule has 2 aromatic rings. The molecule has 1 heterocycles. The van der Waals surface area contributed by atoms with Crippen LogP contribution >= 0.6 is 11.3 Å². The third-order valence-electron chi connectivity index (χ3n) is 2.50. The van der Waals surface area contributed by atoms with Crippen LogP contribution in [0.3, 0.4) is 0 Å². The lowest BCUT2D eigenvalue weighted by Crippen LogP contribution is -2.09. The van der Waals surface area contributed by atoms with Crippen molar-refractivity contribution in [2.45, 2.75) is 12.7 Å². The van der Waals surface area contributed by atoms with Crippen LogP contribution in [0.15, 0.2) is 24.3 Å². The third-order valence-corrected chi connectivity index (χ3v) is 3.55. The normalized spacial score (nSPS) is 11.6. The summed E-state index contributed by atoms with van der Waals surface area (Å²) in [7, 11) is 1.64. The highest BCUT2D eigenvalue weighted by Crippen LogP contribution is 2.35. The second-order valence-electron chi connectivity index (χ2n) is 3.82. The van der Waals surface area contributed by atoms with E-state index in [0.717, 1.165) is 11.3 Å². The van der Waals surface area contributed by atoms with Gasteiger partial charge in [0.2, 0.25) is 10.1 Å². The van der Waals surface area contributed by atoms with Crippen molar-refractivity contribution >= 4 is 22.2 Å². The SMILES string of the molecule is CN(c1ccc(CN)cc1)c1nnc(C(F)(F)F)s1. The van der Waals surface area contributed by atoms with Crippen LogP contribution in [0.5, 0.6) is 0 Å². The van der Waals surface area contributed by atoms with Gasteiger partial charge in [0.05, 0.1) is 0 Å². The largest absolute Gasteiger partial charge is 0.445 e. The van der Waals surface area contributed by atoms with Crippen LogP contribution in [0.4, 0.5) is 24.0 Å². The van der Waals surface area contributed by atoms with Gasteiger partial charge in [-0.05, 0) is 17.7 Å². The number of rotatable bonds is 3. The van der Waals surface area contributed by atoms with Crippen LogP contribution < -0.4 is 10.6 Å². The molecule has 0 saturated heterocycles. The number of alkyl halides is 3. The highest BCUT2D eigenvalue weighted by Gasteiger charge is 2.36. The molecule has 0 spiro atoms. The number of nitrogens with two attached hydrogens (primary N) is 1. The first-order valence-corrected chi connectivity index (χ1v) is 6.17. The Morgan fingerprint density at radius 1 is 1.21 bits per heavy atom. The summed E-state index contributed by atoms with van der Waals surface area (Å²) in [6, 6.07) is 7.18. The summed E-state index contributed by atoms with van der Waals surface area (Å²) in [5.74, 6) is 0. The zero-order valence-electron chi connectivity index (χ0n) is 9.98. The Morgan fingerprint density at radius 3 is 2.32 bits per heavy atom. The summed E-state index contributed by atoms with van der Waals surface area (Å²) in [4.78, 5) is 1.55. The van der Waals surface area contributed by atoms with Gasteiger partial charge in [0.15, 0.2) is 0 Å². The highest BCUT2D eigenvalue weighted by molar-refractivity contribution is 7.15. The smallest absolute Gasteiger partial charge is 0.326 e. The minimum absolute atomic E-state index is 0.188. The second-order valence-corrected chi connectivity index (χ2v) is 4.77. The van der Waals surface area contributed by atoms with Crippen molar-refractivity contribution in [3.8, 4) is 0 Å². The number of benzene rings is 1. The summed E-state index contributed by atoms with van der Waals surface area (Å²) >= 11 is 0.507. The van der Waals surface area contributed by atoms with E-state index in [-0.39, 0.29) is 5.13 Å². The lowest BCUT2D eigenvalue weighted by atomic mass is 10.2. The molecule has 0 atom stereocenters. The molecule has 1 aromatic heterocycles. The molecule has 0 unspecified atom stereocenters. The molecule has 2 rings (SSSR count). The van der Waals surface area contributed by atoms with Crippen molar-refractivity contribution in [2.24, 2.45) is 5.73 Å². The van der Waals surface area contributed by atoms with Gasteiger partial charge >= 0.3 is 6.18 Å². The van der Waals surface area contributed by atoms with Crippen molar-refractivity contribution in [3.63, 3.8) is 0 Å². The van der Waals surface area contributed by atoms with Crippen LogP contribution in [-0.4, -0.2) is 17.2 Å². The van der Waals surface area contributed by atoms with Crippen LogP contribution in [0.25, 0.3) is 0 Å². The molecule has 102 valence electrons. The Balaban J connectivity index is 2.23. The number of hydrogen-bond donors (Lipinski definition) is 1. The van der Waals surface area contributed by atoms with Gasteiger partial charge in [0, 0.05) is 19.3 Å². The van der Waals surface area contributed by atoms with Gasteiger partial charge in [-0.15, -0.1) is 10.2 Å². The molecule has 0 saturated carbocycles. The van der Waals surface area contributed by atoms with Crippen LogP contribution in [0, 0.1) is 0 Å². The lowest BCUT2D eigenvalue weighted by Gasteiger charge is -2.15. The van der Waals surface area contributed by atoms with E-state index in [2.05, 4.69) is 10.2 Å². The third kappa shape index (κ3) is 3.02. The zero-order chi connectivity index (χ0) is 14.0. The fraction of sp³-hybridized carbons (Fsp3) is 0.273. The topological polar surface area (TPSA) is 55.0 Å². The molecule has 8 heteroatoms. The minimum atomic E-state index is -4.46. The van der Waals surface area contributed by atoms with E-state index in [1.807, 2.05) is 12.1 Å². The summed E-state index contributed by atoms with van der Waals surface area (Å²) < 4.78 is 37.3. The first-order chi connectivity index (χ1) is 8.91. The Labute approximate surface area is 111 Å². The maximum absolute atomic E-state index is 12.4. The van der Waals surface area contributed by atoms with Gasteiger partial charge in [-0.25, -0.2) is 0 Å². The highest BCUT2D eigenvalue weighted by atomic mass is 32.1. The first-order valence-electron chi connectivity index (χ1n) is 5.35.